The second-order valence-corrected chi connectivity index (χ2v) is 4.02. The van der Waals surface area contributed by atoms with Crippen molar-refractivity contribution in [2.75, 3.05) is 0 Å². The molecule has 0 aromatic heterocycles. The maximum absolute atomic E-state index is 10.6. The number of hydrogen-bond donors (Lipinski definition) is 3. The fraction of sp³-hybridized carbons (Fsp3) is 0.222. The number of alkyl halides is 2. The quantitative estimate of drug-likeness (QED) is 0.717. The van der Waals surface area contributed by atoms with Crippen LogP contribution >= 0.6 is 23.2 Å². The van der Waals surface area contributed by atoms with Crippen molar-refractivity contribution < 1.29 is 20.1 Å². The van der Waals surface area contributed by atoms with Crippen molar-refractivity contribution in [1.82, 2.24) is 0 Å². The summed E-state index contributed by atoms with van der Waals surface area (Å²) in [4.78, 5) is 9.49. The highest BCUT2D eigenvalue weighted by Crippen LogP contribution is 2.31. The molecular formula is C9H8Cl2O4. The van der Waals surface area contributed by atoms with E-state index in [4.69, 9.17) is 28.3 Å². The number of aliphatic hydroxyl groups excluding tert-OH is 1. The zero-order valence-electron chi connectivity index (χ0n) is 7.39. The monoisotopic (exact) mass is 250 g/mol. The molecule has 0 aliphatic heterocycles. The van der Waals surface area contributed by atoms with E-state index in [1.54, 1.807) is 0 Å². The van der Waals surface area contributed by atoms with Crippen LogP contribution in [0.2, 0.25) is 0 Å². The third-order valence-electron chi connectivity index (χ3n) is 1.83. The number of benzene rings is 1. The predicted molar refractivity (Wildman–Crippen MR) is 55.5 cm³/mol. The van der Waals surface area contributed by atoms with Crippen molar-refractivity contribution >= 4 is 29.2 Å². The van der Waals surface area contributed by atoms with E-state index in [2.05, 4.69) is 0 Å². The maximum Gasteiger partial charge on any atom is 0.335 e. The van der Waals surface area contributed by atoms with Crippen molar-refractivity contribution in [2.24, 2.45) is 0 Å². The first kappa shape index (κ1) is 12.1. The molecule has 1 atom stereocenters. The van der Waals surface area contributed by atoms with E-state index in [0.717, 1.165) is 12.1 Å². The largest absolute Gasteiger partial charge is 0.508 e. The molecule has 82 valence electrons. The predicted octanol–water partition coefficient (Wildman–Crippen LogP) is 1.93. The minimum absolute atomic E-state index is 0.00935. The van der Waals surface area contributed by atoms with Crippen molar-refractivity contribution in [3.05, 3.63) is 29.3 Å². The third-order valence-corrected chi connectivity index (χ3v) is 2.31. The Morgan fingerprint density at radius 1 is 1.33 bits per heavy atom. The molecule has 0 amide bonds. The van der Waals surface area contributed by atoms with Gasteiger partial charge in [-0.05, 0) is 18.2 Å². The second kappa shape index (κ2) is 4.70. The van der Waals surface area contributed by atoms with Crippen LogP contribution in [-0.2, 0) is 0 Å². The Morgan fingerprint density at radius 2 is 1.93 bits per heavy atom. The topological polar surface area (TPSA) is 77.8 Å². The SMILES string of the molecule is O=C(O)c1ccc(O)c(C(O)C(Cl)Cl)c1. The van der Waals surface area contributed by atoms with Gasteiger partial charge in [0.1, 0.15) is 16.7 Å². The summed E-state index contributed by atoms with van der Waals surface area (Å²) in [5.74, 6) is -1.41. The molecule has 6 heteroatoms. The number of hydrogen-bond acceptors (Lipinski definition) is 3. The van der Waals surface area contributed by atoms with E-state index in [-0.39, 0.29) is 16.9 Å². The van der Waals surface area contributed by atoms with Gasteiger partial charge < -0.3 is 15.3 Å². The van der Waals surface area contributed by atoms with Crippen LogP contribution < -0.4 is 0 Å². The minimum Gasteiger partial charge on any atom is -0.508 e. The normalized spacial score (nSPS) is 12.8. The van der Waals surface area contributed by atoms with Crippen molar-refractivity contribution in [1.29, 1.82) is 0 Å². The maximum atomic E-state index is 10.6. The molecule has 3 N–H and O–H groups in total. The third kappa shape index (κ3) is 2.75. The minimum atomic E-state index is -1.33. The number of carbonyl (C=O) groups is 1. The molecule has 0 saturated carbocycles. The molecule has 1 aromatic carbocycles. The molecule has 0 aliphatic carbocycles. The number of rotatable bonds is 3. The van der Waals surface area contributed by atoms with Gasteiger partial charge in [0.05, 0.1) is 5.56 Å². The van der Waals surface area contributed by atoms with E-state index in [1.165, 1.54) is 6.07 Å². The van der Waals surface area contributed by atoms with Gasteiger partial charge in [-0.1, -0.05) is 0 Å². The summed E-state index contributed by atoms with van der Waals surface area (Å²) in [5.41, 5.74) is -0.0688. The highest BCUT2D eigenvalue weighted by molar-refractivity contribution is 6.44. The van der Waals surface area contributed by atoms with Gasteiger partial charge in [-0.2, -0.15) is 0 Å². The molecule has 0 aliphatic rings. The van der Waals surface area contributed by atoms with Gasteiger partial charge >= 0.3 is 5.97 Å². The molecule has 0 fully saturated rings. The van der Waals surface area contributed by atoms with Gasteiger partial charge in [0, 0.05) is 5.56 Å². The lowest BCUT2D eigenvalue weighted by molar-refractivity contribution is 0.0696. The molecule has 0 radical (unpaired) electrons. The lowest BCUT2D eigenvalue weighted by Crippen LogP contribution is -2.08. The zero-order valence-corrected chi connectivity index (χ0v) is 8.90. The molecule has 4 nitrogen and oxygen atoms in total. The molecular weight excluding hydrogens is 243 g/mol. The number of phenolic OH excluding ortho intramolecular Hbond substituents is 1. The number of carboxylic acids is 1. The van der Waals surface area contributed by atoms with Crippen LogP contribution in [0.1, 0.15) is 22.0 Å². The highest BCUT2D eigenvalue weighted by Gasteiger charge is 2.20. The fourth-order valence-corrected chi connectivity index (χ4v) is 1.33. The van der Waals surface area contributed by atoms with Gasteiger partial charge in [0.15, 0.2) is 0 Å². The average Bonchev–Trinajstić information content (AvgIpc) is 2.16. The average molecular weight is 251 g/mol. The van der Waals surface area contributed by atoms with Crippen LogP contribution in [0, 0.1) is 0 Å². The summed E-state index contributed by atoms with van der Waals surface area (Å²) >= 11 is 10.8. The first-order valence-corrected chi connectivity index (χ1v) is 4.83. The van der Waals surface area contributed by atoms with E-state index < -0.39 is 16.9 Å². The van der Waals surface area contributed by atoms with Crippen LogP contribution in [0.15, 0.2) is 18.2 Å². The standard InChI is InChI=1S/C9H8Cl2O4/c10-8(11)7(13)5-3-4(9(14)15)1-2-6(5)12/h1-3,7-8,12-13H,(H,14,15). The number of carboxylic acid groups (broad SMARTS) is 1. The molecule has 0 saturated heterocycles. The Balaban J connectivity index is 3.16. The van der Waals surface area contributed by atoms with Gasteiger partial charge in [-0.25, -0.2) is 4.79 Å². The Labute approximate surface area is 95.7 Å². The van der Waals surface area contributed by atoms with Crippen LogP contribution in [-0.4, -0.2) is 26.1 Å². The summed E-state index contributed by atoms with van der Waals surface area (Å²) in [6, 6.07) is 3.50. The van der Waals surface area contributed by atoms with E-state index in [0.29, 0.717) is 0 Å². The molecule has 1 aromatic rings. The van der Waals surface area contributed by atoms with E-state index in [9.17, 15) is 15.0 Å². The second-order valence-electron chi connectivity index (χ2n) is 2.86. The Kier molecular flexibility index (Phi) is 3.79. The molecule has 1 unspecified atom stereocenters. The molecule has 1 rings (SSSR count). The van der Waals surface area contributed by atoms with Gasteiger partial charge in [0.25, 0.3) is 0 Å². The number of aromatic carboxylic acids is 1. The van der Waals surface area contributed by atoms with Gasteiger partial charge in [-0.15, -0.1) is 23.2 Å². The van der Waals surface area contributed by atoms with Crippen LogP contribution in [0.3, 0.4) is 0 Å². The summed E-state index contributed by atoms with van der Waals surface area (Å²) in [7, 11) is 0. The van der Waals surface area contributed by atoms with Crippen LogP contribution in [0.25, 0.3) is 0 Å². The van der Waals surface area contributed by atoms with Crippen LogP contribution in [0.4, 0.5) is 0 Å². The van der Waals surface area contributed by atoms with E-state index in [1.807, 2.05) is 0 Å². The number of halogens is 2. The Hall–Kier alpha value is -0.970. The Bertz CT molecular complexity index is 378. The van der Waals surface area contributed by atoms with Crippen molar-refractivity contribution in [2.45, 2.75) is 10.9 Å². The van der Waals surface area contributed by atoms with E-state index >= 15 is 0 Å². The summed E-state index contributed by atoms with van der Waals surface area (Å²) in [6.45, 7) is 0. The lowest BCUT2D eigenvalue weighted by atomic mass is 10.1. The fourth-order valence-electron chi connectivity index (χ4n) is 1.06. The summed E-state index contributed by atoms with van der Waals surface area (Å²) in [5, 5.41) is 27.5. The molecule has 15 heavy (non-hydrogen) atoms. The van der Waals surface area contributed by atoms with Crippen molar-refractivity contribution in [3.63, 3.8) is 0 Å². The smallest absolute Gasteiger partial charge is 0.335 e. The number of aliphatic hydroxyl groups is 1. The van der Waals surface area contributed by atoms with Crippen LogP contribution in [0.5, 0.6) is 5.75 Å². The first-order chi connectivity index (χ1) is 6.93. The summed E-state index contributed by atoms with van der Waals surface area (Å²) in [6.07, 6.45) is -1.33. The summed E-state index contributed by atoms with van der Waals surface area (Å²) < 4.78 is 0. The highest BCUT2D eigenvalue weighted by atomic mass is 35.5. The lowest BCUT2D eigenvalue weighted by Gasteiger charge is -2.13. The number of aromatic hydroxyl groups is 1. The van der Waals surface area contributed by atoms with Gasteiger partial charge in [-0.3, -0.25) is 0 Å². The zero-order chi connectivity index (χ0) is 11.6. The molecule has 0 heterocycles. The molecule has 0 spiro atoms. The van der Waals surface area contributed by atoms with Gasteiger partial charge in [0.2, 0.25) is 0 Å². The first-order valence-electron chi connectivity index (χ1n) is 3.96. The van der Waals surface area contributed by atoms with Crippen molar-refractivity contribution in [3.8, 4) is 5.75 Å². The molecule has 0 bridgehead atoms. The Morgan fingerprint density at radius 3 is 2.40 bits per heavy atom. The number of phenols is 1.